The van der Waals surface area contributed by atoms with E-state index in [4.69, 9.17) is 23.2 Å². The minimum absolute atomic E-state index is 0.0519. The average Bonchev–Trinajstić information content (AvgIpc) is 2.64. The lowest BCUT2D eigenvalue weighted by Gasteiger charge is -2.30. The first-order valence-corrected chi connectivity index (χ1v) is 11.9. The number of anilines is 1. The Kier molecular flexibility index (Phi) is 7.04. The Morgan fingerprint density at radius 1 is 1.14 bits per heavy atom. The quantitative estimate of drug-likeness (QED) is 0.626. The number of benzene rings is 2. The van der Waals surface area contributed by atoms with Crippen LogP contribution in [0.5, 0.6) is 0 Å². The van der Waals surface area contributed by atoms with Crippen LogP contribution in [0.3, 0.4) is 0 Å². The average molecular weight is 506 g/mol. The van der Waals surface area contributed by atoms with Crippen LogP contribution in [0.15, 0.2) is 46.9 Å². The van der Waals surface area contributed by atoms with Crippen molar-refractivity contribution in [3.05, 3.63) is 62.5 Å². The Balaban J connectivity index is 1.58. The number of nitrogens with zero attached hydrogens (tertiary/aromatic N) is 1. The number of nitrogens with one attached hydrogen (secondary N) is 1. The van der Waals surface area contributed by atoms with E-state index >= 15 is 0 Å². The fourth-order valence-electron chi connectivity index (χ4n) is 3.15. The summed E-state index contributed by atoms with van der Waals surface area (Å²) in [5.41, 5.74) is 1.23. The smallest absolute Gasteiger partial charge is 0.227 e. The molecule has 0 aliphatic carbocycles. The van der Waals surface area contributed by atoms with E-state index in [1.54, 1.807) is 30.3 Å². The van der Waals surface area contributed by atoms with Crippen molar-refractivity contribution in [2.75, 3.05) is 18.4 Å². The van der Waals surface area contributed by atoms with Crippen molar-refractivity contribution in [1.29, 1.82) is 0 Å². The number of hydrogen-bond donors (Lipinski definition) is 1. The van der Waals surface area contributed by atoms with Crippen molar-refractivity contribution >= 4 is 60.7 Å². The summed E-state index contributed by atoms with van der Waals surface area (Å²) in [7, 11) is -3.43. The number of carbonyl (C=O) groups excluding carboxylic acids is 1. The molecule has 1 aliphatic rings. The summed E-state index contributed by atoms with van der Waals surface area (Å²) < 4.78 is 27.7. The molecule has 3 rings (SSSR count). The molecule has 1 fully saturated rings. The molecule has 9 heteroatoms. The van der Waals surface area contributed by atoms with Gasteiger partial charge in [-0.2, -0.15) is 0 Å². The zero-order chi connectivity index (χ0) is 20.3. The molecule has 150 valence electrons. The van der Waals surface area contributed by atoms with Gasteiger partial charge in [-0.1, -0.05) is 51.3 Å². The number of rotatable bonds is 5. The number of amides is 1. The van der Waals surface area contributed by atoms with E-state index in [1.807, 2.05) is 12.1 Å². The fraction of sp³-hybridized carbons (Fsp3) is 0.316. The van der Waals surface area contributed by atoms with Gasteiger partial charge in [0.15, 0.2) is 0 Å². The lowest BCUT2D eigenvalue weighted by Crippen LogP contribution is -2.41. The second-order valence-corrected chi connectivity index (χ2v) is 10.4. The highest BCUT2D eigenvalue weighted by molar-refractivity contribution is 9.10. The van der Waals surface area contributed by atoms with E-state index in [9.17, 15) is 13.2 Å². The molecule has 0 spiro atoms. The van der Waals surface area contributed by atoms with Crippen molar-refractivity contribution in [1.82, 2.24) is 4.31 Å². The monoisotopic (exact) mass is 504 g/mol. The summed E-state index contributed by atoms with van der Waals surface area (Å²) >= 11 is 15.3. The van der Waals surface area contributed by atoms with Gasteiger partial charge in [-0.25, -0.2) is 12.7 Å². The van der Waals surface area contributed by atoms with E-state index in [1.165, 1.54) is 4.31 Å². The minimum atomic E-state index is -3.43. The SMILES string of the molecule is O=C(Nc1ccc(Cl)cc1Cl)C1CCN(S(=O)(=O)Cc2cccc(Br)c2)CC1. The first-order chi connectivity index (χ1) is 13.2. The summed E-state index contributed by atoms with van der Waals surface area (Å²) in [6.45, 7) is 0.644. The summed E-state index contributed by atoms with van der Waals surface area (Å²) in [5, 5.41) is 3.67. The van der Waals surface area contributed by atoms with Crippen molar-refractivity contribution in [2.24, 2.45) is 5.92 Å². The number of sulfonamides is 1. The standard InChI is InChI=1S/C19H19BrCl2N2O3S/c20-15-3-1-2-13(10-15)12-28(26,27)24-8-6-14(7-9-24)19(25)23-18-5-4-16(21)11-17(18)22/h1-5,10-11,14H,6-9,12H2,(H,23,25). The Bertz CT molecular complexity index is 977. The molecule has 28 heavy (non-hydrogen) atoms. The van der Waals surface area contributed by atoms with Gasteiger partial charge in [0.05, 0.1) is 16.5 Å². The van der Waals surface area contributed by atoms with Gasteiger partial charge in [0.1, 0.15) is 0 Å². The third-order valence-electron chi connectivity index (χ3n) is 4.65. The van der Waals surface area contributed by atoms with E-state index in [-0.39, 0.29) is 17.6 Å². The first kappa shape index (κ1) is 21.6. The molecule has 1 N–H and O–H groups in total. The van der Waals surface area contributed by atoms with Crippen molar-refractivity contribution in [3.8, 4) is 0 Å². The van der Waals surface area contributed by atoms with Gasteiger partial charge < -0.3 is 5.32 Å². The predicted octanol–water partition coefficient (Wildman–Crippen LogP) is 4.94. The molecule has 1 heterocycles. The maximum absolute atomic E-state index is 12.7. The molecule has 2 aromatic carbocycles. The Morgan fingerprint density at radius 2 is 1.86 bits per heavy atom. The van der Waals surface area contributed by atoms with Gasteiger partial charge >= 0.3 is 0 Å². The van der Waals surface area contributed by atoms with Gasteiger partial charge in [0.2, 0.25) is 15.9 Å². The fourth-order valence-corrected chi connectivity index (χ4v) is 5.60. The van der Waals surface area contributed by atoms with E-state index in [0.29, 0.717) is 41.7 Å². The lowest BCUT2D eigenvalue weighted by molar-refractivity contribution is -0.120. The van der Waals surface area contributed by atoms with Gasteiger partial charge in [0, 0.05) is 28.5 Å². The topological polar surface area (TPSA) is 66.5 Å². The van der Waals surface area contributed by atoms with Gasteiger partial charge in [-0.15, -0.1) is 0 Å². The van der Waals surface area contributed by atoms with Crippen molar-refractivity contribution in [2.45, 2.75) is 18.6 Å². The van der Waals surface area contributed by atoms with Crippen molar-refractivity contribution in [3.63, 3.8) is 0 Å². The summed E-state index contributed by atoms with van der Waals surface area (Å²) in [5.74, 6) is -0.471. The van der Waals surface area contributed by atoms with Crippen LogP contribution in [0, 0.1) is 5.92 Å². The maximum atomic E-state index is 12.7. The lowest BCUT2D eigenvalue weighted by atomic mass is 9.97. The molecule has 0 bridgehead atoms. The minimum Gasteiger partial charge on any atom is -0.325 e. The zero-order valence-corrected chi connectivity index (χ0v) is 18.8. The molecule has 2 aromatic rings. The molecule has 1 amide bonds. The molecule has 0 unspecified atom stereocenters. The predicted molar refractivity (Wildman–Crippen MR) is 116 cm³/mol. The molecule has 0 atom stereocenters. The van der Waals surface area contributed by atoms with Crippen LogP contribution in [0.25, 0.3) is 0 Å². The largest absolute Gasteiger partial charge is 0.325 e. The van der Waals surface area contributed by atoms with E-state index < -0.39 is 10.0 Å². The number of hydrogen-bond acceptors (Lipinski definition) is 3. The molecule has 1 saturated heterocycles. The van der Waals surface area contributed by atoms with Gasteiger partial charge in [-0.05, 0) is 48.7 Å². The van der Waals surface area contributed by atoms with Crippen LogP contribution < -0.4 is 5.32 Å². The van der Waals surface area contributed by atoms with Crippen LogP contribution in [-0.2, 0) is 20.6 Å². The van der Waals surface area contributed by atoms with Crippen LogP contribution in [0.4, 0.5) is 5.69 Å². The van der Waals surface area contributed by atoms with Crippen LogP contribution in [-0.4, -0.2) is 31.7 Å². The van der Waals surface area contributed by atoms with Crippen molar-refractivity contribution < 1.29 is 13.2 Å². The molecule has 1 aliphatic heterocycles. The number of carbonyl (C=O) groups is 1. The highest BCUT2D eigenvalue weighted by atomic mass is 79.9. The molecular weight excluding hydrogens is 487 g/mol. The normalized spacial score (nSPS) is 16.1. The van der Waals surface area contributed by atoms with Gasteiger partial charge in [0.25, 0.3) is 0 Å². The third-order valence-corrected chi connectivity index (χ3v) is 7.54. The highest BCUT2D eigenvalue weighted by Crippen LogP contribution is 2.28. The van der Waals surface area contributed by atoms with E-state index in [2.05, 4.69) is 21.2 Å². The molecule has 5 nitrogen and oxygen atoms in total. The summed E-state index contributed by atoms with van der Waals surface area (Å²) in [6.07, 6.45) is 0.934. The summed E-state index contributed by atoms with van der Waals surface area (Å²) in [6, 6.07) is 12.1. The second-order valence-electron chi connectivity index (χ2n) is 6.67. The van der Waals surface area contributed by atoms with Crippen LogP contribution >= 0.6 is 39.1 Å². The molecule has 0 radical (unpaired) electrons. The first-order valence-electron chi connectivity index (χ1n) is 8.73. The van der Waals surface area contributed by atoms with Crippen LogP contribution in [0.1, 0.15) is 18.4 Å². The number of piperidine rings is 1. The number of halogens is 3. The molecular formula is C19H19BrCl2N2O3S. The maximum Gasteiger partial charge on any atom is 0.227 e. The Morgan fingerprint density at radius 3 is 2.50 bits per heavy atom. The second kappa shape index (κ2) is 9.13. The molecule has 0 aromatic heterocycles. The Labute approximate surface area is 183 Å². The zero-order valence-electron chi connectivity index (χ0n) is 14.9. The van der Waals surface area contributed by atoms with Gasteiger partial charge in [-0.3, -0.25) is 4.79 Å². The highest BCUT2D eigenvalue weighted by Gasteiger charge is 2.31. The Hall–Kier alpha value is -1.12. The van der Waals surface area contributed by atoms with Crippen LogP contribution in [0.2, 0.25) is 10.0 Å². The summed E-state index contributed by atoms with van der Waals surface area (Å²) in [4.78, 5) is 12.5. The third kappa shape index (κ3) is 5.48. The molecule has 0 saturated carbocycles. The van der Waals surface area contributed by atoms with E-state index in [0.717, 1.165) is 10.0 Å².